The van der Waals surface area contributed by atoms with Gasteiger partial charge in [-0.15, -0.1) is 0 Å². The van der Waals surface area contributed by atoms with Gasteiger partial charge in [0.05, 0.1) is 18.0 Å². The number of Topliss-reactive ketones (excluding diaryl/α,β-unsaturated/α-hetero) is 1. The number of hydrogen-bond donors (Lipinski definition) is 0. The third-order valence-corrected chi connectivity index (χ3v) is 7.64. The fraction of sp³-hybridized carbons (Fsp3) is 0.478. The van der Waals surface area contributed by atoms with Gasteiger partial charge >= 0.3 is 5.97 Å². The Morgan fingerprint density at radius 2 is 1.79 bits per heavy atom. The number of hydrogen-bond acceptors (Lipinski definition) is 6. The summed E-state index contributed by atoms with van der Waals surface area (Å²) in [5, 5.41) is 0. The molecule has 33 heavy (non-hydrogen) atoms. The Kier molecular flexibility index (Phi) is 8.93. The second kappa shape index (κ2) is 11.0. The summed E-state index contributed by atoms with van der Waals surface area (Å²) in [4.78, 5) is 25.7. The van der Waals surface area contributed by atoms with E-state index in [-0.39, 0.29) is 22.7 Å². The van der Waals surface area contributed by atoms with Crippen LogP contribution in [-0.2, 0) is 26.5 Å². The van der Waals surface area contributed by atoms with Crippen LogP contribution in [0.3, 0.4) is 0 Å². The summed E-state index contributed by atoms with van der Waals surface area (Å²) in [6, 6.07) is 3.39. The zero-order valence-corrected chi connectivity index (χ0v) is 20.7. The number of methoxy groups -OCH3 is 1. The van der Waals surface area contributed by atoms with E-state index >= 15 is 0 Å². The van der Waals surface area contributed by atoms with E-state index in [4.69, 9.17) is 9.47 Å². The van der Waals surface area contributed by atoms with Crippen molar-refractivity contribution >= 4 is 21.8 Å². The Bertz CT molecular complexity index is 1110. The molecular formula is C23H31FN2O6S. The van der Waals surface area contributed by atoms with Crippen molar-refractivity contribution in [2.45, 2.75) is 45.1 Å². The Hall–Kier alpha value is -2.56. The molecule has 0 aliphatic carbocycles. The van der Waals surface area contributed by atoms with E-state index in [0.717, 1.165) is 16.4 Å². The van der Waals surface area contributed by atoms with Crippen LogP contribution >= 0.6 is 0 Å². The van der Waals surface area contributed by atoms with E-state index in [9.17, 15) is 22.4 Å². The fourth-order valence-electron chi connectivity index (χ4n) is 3.80. The minimum Gasteiger partial charge on any atom is -0.464 e. The number of sulfonamides is 1. The van der Waals surface area contributed by atoms with Crippen LogP contribution in [0, 0.1) is 19.7 Å². The lowest BCUT2D eigenvalue weighted by Gasteiger charge is -2.28. The summed E-state index contributed by atoms with van der Waals surface area (Å²) in [5.74, 6) is -1.60. The Balaban J connectivity index is 2.50. The lowest BCUT2D eigenvalue weighted by molar-refractivity contribution is 0.0588. The maximum atomic E-state index is 13.6. The average Bonchev–Trinajstić information content (AvgIpc) is 3.00. The normalized spacial score (nSPS) is 12.7. The van der Waals surface area contributed by atoms with Crippen LogP contribution in [-0.4, -0.2) is 62.0 Å². The molecule has 0 aliphatic heterocycles. The third-order valence-electron chi connectivity index (χ3n) is 5.66. The molecule has 1 aromatic carbocycles. The number of aromatic nitrogens is 1. The first-order valence-corrected chi connectivity index (χ1v) is 12.1. The fourth-order valence-corrected chi connectivity index (χ4v) is 5.43. The molecule has 0 N–H and O–H groups in total. The van der Waals surface area contributed by atoms with E-state index in [1.807, 2.05) is 6.92 Å². The molecular weight excluding hydrogens is 451 g/mol. The first kappa shape index (κ1) is 26.7. The van der Waals surface area contributed by atoms with Gasteiger partial charge in [-0.1, -0.05) is 0 Å². The topological polar surface area (TPSA) is 94.9 Å². The van der Waals surface area contributed by atoms with Crippen LogP contribution in [0.15, 0.2) is 29.2 Å². The molecule has 0 aliphatic rings. The highest BCUT2D eigenvalue weighted by Gasteiger charge is 2.36. The van der Waals surface area contributed by atoms with Gasteiger partial charge in [0.15, 0.2) is 5.78 Å². The Labute approximate surface area is 194 Å². The number of esters is 1. The second-order valence-electron chi connectivity index (χ2n) is 7.64. The van der Waals surface area contributed by atoms with Gasteiger partial charge in [0.1, 0.15) is 11.5 Å². The van der Waals surface area contributed by atoms with Crippen LogP contribution in [0.25, 0.3) is 0 Å². The first-order valence-electron chi connectivity index (χ1n) is 10.6. The number of carbonyl (C=O) groups is 2. The summed E-state index contributed by atoms with van der Waals surface area (Å²) in [6.45, 7) is 7.50. The van der Waals surface area contributed by atoms with Gasteiger partial charge in [-0.3, -0.25) is 4.79 Å². The van der Waals surface area contributed by atoms with Gasteiger partial charge in [-0.05, 0) is 63.9 Å². The molecule has 10 heteroatoms. The van der Waals surface area contributed by atoms with E-state index in [0.29, 0.717) is 30.9 Å². The van der Waals surface area contributed by atoms with Crippen LogP contribution in [0.2, 0.25) is 0 Å². The number of halogens is 1. The van der Waals surface area contributed by atoms with Gasteiger partial charge in [0.25, 0.3) is 0 Å². The number of rotatable bonds is 11. The zero-order chi connectivity index (χ0) is 24.9. The first-order chi connectivity index (χ1) is 15.5. The van der Waals surface area contributed by atoms with E-state index in [2.05, 4.69) is 0 Å². The standard InChI is InChI=1S/C23H31FN2O6S/c1-7-32-14-8-13-26(33(29,30)19-11-9-18(24)10-12-19)17(4)22(27)20-15(2)21(23(28)31-6)25(5)16(20)3/h9-12,17H,7-8,13-14H2,1-6H3. The lowest BCUT2D eigenvalue weighted by atomic mass is 10.0. The molecule has 0 fully saturated rings. The second-order valence-corrected chi connectivity index (χ2v) is 9.54. The molecule has 182 valence electrons. The summed E-state index contributed by atoms with van der Waals surface area (Å²) in [7, 11) is -1.22. The molecule has 0 spiro atoms. The molecule has 1 unspecified atom stereocenters. The van der Waals surface area contributed by atoms with Crippen molar-refractivity contribution in [2.24, 2.45) is 7.05 Å². The molecule has 1 atom stereocenters. The monoisotopic (exact) mass is 482 g/mol. The molecule has 0 bridgehead atoms. The summed E-state index contributed by atoms with van der Waals surface area (Å²) in [6.07, 6.45) is 0.367. The molecule has 0 amide bonds. The van der Waals surface area contributed by atoms with Crippen molar-refractivity contribution in [3.63, 3.8) is 0 Å². The van der Waals surface area contributed by atoms with E-state index in [1.165, 1.54) is 26.2 Å². The summed E-state index contributed by atoms with van der Waals surface area (Å²) >= 11 is 0. The van der Waals surface area contributed by atoms with Crippen LogP contribution in [0.4, 0.5) is 4.39 Å². The highest BCUT2D eigenvalue weighted by atomic mass is 32.2. The van der Waals surface area contributed by atoms with Gasteiger partial charge < -0.3 is 14.0 Å². The van der Waals surface area contributed by atoms with Gasteiger partial charge in [0, 0.05) is 38.1 Å². The van der Waals surface area contributed by atoms with Gasteiger partial charge in [0.2, 0.25) is 10.0 Å². The van der Waals surface area contributed by atoms with Gasteiger partial charge in [-0.25, -0.2) is 17.6 Å². The zero-order valence-electron chi connectivity index (χ0n) is 19.8. The van der Waals surface area contributed by atoms with E-state index in [1.54, 1.807) is 25.5 Å². The molecule has 8 nitrogen and oxygen atoms in total. The molecule has 2 rings (SSSR count). The largest absolute Gasteiger partial charge is 0.464 e. The number of ketones is 1. The lowest BCUT2D eigenvalue weighted by Crippen LogP contribution is -2.44. The number of ether oxygens (including phenoxy) is 2. The minimum absolute atomic E-state index is 0.0292. The average molecular weight is 483 g/mol. The number of benzene rings is 1. The molecule has 0 saturated carbocycles. The minimum atomic E-state index is -4.12. The maximum Gasteiger partial charge on any atom is 0.354 e. The van der Waals surface area contributed by atoms with Crippen LogP contribution < -0.4 is 0 Å². The van der Waals surface area contributed by atoms with Crippen molar-refractivity contribution in [2.75, 3.05) is 26.9 Å². The maximum absolute atomic E-state index is 13.6. The van der Waals surface area contributed by atoms with Crippen molar-refractivity contribution in [1.29, 1.82) is 0 Å². The van der Waals surface area contributed by atoms with Crippen molar-refractivity contribution in [3.8, 4) is 0 Å². The molecule has 0 saturated heterocycles. The predicted octanol–water partition coefficient (Wildman–Crippen LogP) is 3.26. The molecule has 1 aromatic heterocycles. The summed E-state index contributed by atoms with van der Waals surface area (Å²) in [5.41, 5.74) is 1.45. The number of nitrogens with zero attached hydrogens (tertiary/aromatic N) is 2. The molecule has 1 heterocycles. The van der Waals surface area contributed by atoms with Crippen molar-refractivity contribution < 1.29 is 31.9 Å². The molecule has 2 aromatic rings. The molecule has 0 radical (unpaired) electrons. The smallest absolute Gasteiger partial charge is 0.354 e. The number of carbonyl (C=O) groups excluding carboxylic acids is 2. The van der Waals surface area contributed by atoms with Crippen LogP contribution in [0.5, 0.6) is 0 Å². The highest BCUT2D eigenvalue weighted by Crippen LogP contribution is 2.27. The highest BCUT2D eigenvalue weighted by molar-refractivity contribution is 7.89. The van der Waals surface area contributed by atoms with Crippen molar-refractivity contribution in [3.05, 3.63) is 52.6 Å². The van der Waals surface area contributed by atoms with E-state index < -0.39 is 33.6 Å². The predicted molar refractivity (Wildman–Crippen MR) is 121 cm³/mol. The summed E-state index contributed by atoms with van der Waals surface area (Å²) < 4.78 is 53.0. The van der Waals surface area contributed by atoms with Crippen LogP contribution in [0.1, 0.15) is 52.4 Å². The quantitative estimate of drug-likeness (QED) is 0.277. The SMILES string of the molecule is CCOCCCN(C(C)C(=O)c1c(C)c(C(=O)OC)n(C)c1C)S(=O)(=O)c1ccc(F)cc1. The van der Waals surface area contributed by atoms with Crippen molar-refractivity contribution in [1.82, 2.24) is 8.87 Å². The third kappa shape index (κ3) is 5.51. The Morgan fingerprint density at radius 3 is 2.33 bits per heavy atom. The van der Waals surface area contributed by atoms with Gasteiger partial charge in [-0.2, -0.15) is 4.31 Å². The Morgan fingerprint density at radius 1 is 1.18 bits per heavy atom.